The first-order chi connectivity index (χ1) is 9.18. The van der Waals surface area contributed by atoms with Crippen molar-refractivity contribution in [3.63, 3.8) is 0 Å². The van der Waals surface area contributed by atoms with Gasteiger partial charge in [-0.1, -0.05) is 0 Å². The van der Waals surface area contributed by atoms with Crippen molar-refractivity contribution in [2.75, 3.05) is 13.3 Å². The van der Waals surface area contributed by atoms with E-state index in [4.69, 9.17) is 17.1 Å². The zero-order valence-electron chi connectivity index (χ0n) is 15.8. The Morgan fingerprint density at radius 1 is 0.667 bits per heavy atom. The number of hydrogen-bond acceptors (Lipinski definition) is 4. The lowest BCUT2D eigenvalue weighted by Gasteiger charge is -2.40. The third-order valence-corrected chi connectivity index (χ3v) is 15.0. The topological polar surface area (TPSA) is 36.9 Å². The molecule has 0 aromatic carbocycles. The molecule has 0 aliphatic heterocycles. The molecule has 0 aliphatic rings. The highest BCUT2D eigenvalue weighted by molar-refractivity contribution is 6.89. The zero-order chi connectivity index (χ0) is 17.5. The van der Waals surface area contributed by atoms with Crippen LogP contribution in [0.5, 0.6) is 0 Å². The van der Waals surface area contributed by atoms with Crippen molar-refractivity contribution in [1.29, 1.82) is 0 Å². The Bertz CT molecular complexity index is 300. The first-order valence-electron chi connectivity index (χ1n) is 7.28. The van der Waals surface area contributed by atoms with Crippen LogP contribution in [0.4, 0.5) is 0 Å². The van der Waals surface area contributed by atoms with Crippen LogP contribution in [0.2, 0.25) is 58.9 Å². The molecular weight excluding hydrogens is 332 g/mol. The van der Waals surface area contributed by atoms with Crippen molar-refractivity contribution in [1.82, 2.24) is 0 Å². The van der Waals surface area contributed by atoms with Crippen molar-refractivity contribution in [2.45, 2.75) is 58.9 Å². The molecule has 0 spiro atoms. The highest BCUT2D eigenvalue weighted by Crippen LogP contribution is 2.24. The van der Waals surface area contributed by atoms with Gasteiger partial charge in [0.05, 0.1) is 6.23 Å². The summed E-state index contributed by atoms with van der Waals surface area (Å²) in [6.45, 7) is 25.5. The Balaban J connectivity index is 0. The molecule has 0 amide bonds. The van der Waals surface area contributed by atoms with E-state index in [0.29, 0.717) is 6.23 Å². The summed E-state index contributed by atoms with van der Waals surface area (Å²) in [4.78, 5) is 0. The standard InChI is InChI=1S/C11H32O4Si4.C2H4/c1-12-11-19(10,14-17(5,6)7)15-18(8,9)13-16(2,3)4;1-2/h11H2,1-10H3;1-2H2. The minimum Gasteiger partial charge on any atom is -0.437 e. The molecule has 4 nitrogen and oxygen atoms in total. The molecule has 8 heteroatoms. The Hall–Kier alpha value is 0.448. The molecule has 0 bridgehead atoms. The Labute approximate surface area is 136 Å². The maximum absolute atomic E-state index is 6.40. The second-order valence-electron chi connectivity index (χ2n) is 7.50. The lowest BCUT2D eigenvalue weighted by Crippen LogP contribution is -2.59. The van der Waals surface area contributed by atoms with E-state index in [9.17, 15) is 0 Å². The minimum absolute atomic E-state index is 0.558. The first-order valence-corrected chi connectivity index (χ1v) is 19.4. The molecule has 0 rings (SSSR count). The van der Waals surface area contributed by atoms with Crippen LogP contribution in [0.15, 0.2) is 13.2 Å². The molecule has 1 unspecified atom stereocenters. The van der Waals surface area contributed by atoms with Crippen LogP contribution in [0.1, 0.15) is 0 Å². The van der Waals surface area contributed by atoms with Crippen LogP contribution in [-0.2, 0) is 17.1 Å². The maximum Gasteiger partial charge on any atom is 0.342 e. The monoisotopic (exact) mass is 368 g/mol. The molecule has 0 aliphatic carbocycles. The normalized spacial score (nSPS) is 15.9. The van der Waals surface area contributed by atoms with Crippen molar-refractivity contribution in [3.05, 3.63) is 13.2 Å². The second kappa shape index (κ2) is 8.92. The minimum atomic E-state index is -2.32. The summed E-state index contributed by atoms with van der Waals surface area (Å²) in [6.07, 6.45) is 0.558. The van der Waals surface area contributed by atoms with Crippen molar-refractivity contribution >= 4 is 33.8 Å². The van der Waals surface area contributed by atoms with Crippen LogP contribution < -0.4 is 0 Å². The van der Waals surface area contributed by atoms with Gasteiger partial charge < -0.3 is 17.1 Å². The van der Waals surface area contributed by atoms with E-state index in [1.807, 2.05) is 0 Å². The average Bonchev–Trinajstić information content (AvgIpc) is 2.11. The lowest BCUT2D eigenvalue weighted by atomic mass is 11.3. The third kappa shape index (κ3) is 13.8. The smallest absolute Gasteiger partial charge is 0.342 e. The fraction of sp³-hybridized carbons (Fsp3) is 0.846. The fourth-order valence-corrected chi connectivity index (χ4v) is 19.6. The van der Waals surface area contributed by atoms with E-state index in [0.717, 1.165) is 0 Å². The van der Waals surface area contributed by atoms with Gasteiger partial charge in [-0.25, -0.2) is 0 Å². The SMILES string of the molecule is C=C.COC[Si](C)(O[Si](C)(C)C)O[Si](C)(C)O[Si](C)(C)C. The first kappa shape index (κ1) is 23.7. The Kier molecular flexibility index (Phi) is 10.1. The van der Waals surface area contributed by atoms with Gasteiger partial charge in [0.15, 0.2) is 16.6 Å². The Morgan fingerprint density at radius 2 is 1.05 bits per heavy atom. The highest BCUT2D eigenvalue weighted by atomic mass is 28.5. The molecule has 0 saturated heterocycles. The zero-order valence-corrected chi connectivity index (χ0v) is 19.8. The molecule has 0 aromatic rings. The summed E-state index contributed by atoms with van der Waals surface area (Å²) in [7, 11) is -6.04. The number of methoxy groups -OCH3 is 1. The highest BCUT2D eigenvalue weighted by Gasteiger charge is 2.44. The summed E-state index contributed by atoms with van der Waals surface area (Å²) < 4.78 is 24.3. The molecule has 0 fully saturated rings. The second-order valence-corrected chi connectivity index (χ2v) is 23.8. The van der Waals surface area contributed by atoms with E-state index >= 15 is 0 Å². The summed E-state index contributed by atoms with van der Waals surface area (Å²) in [6, 6.07) is 0. The van der Waals surface area contributed by atoms with E-state index in [1.165, 1.54) is 0 Å². The van der Waals surface area contributed by atoms with Gasteiger partial charge in [0.25, 0.3) is 0 Å². The predicted octanol–water partition coefficient (Wildman–Crippen LogP) is 4.47. The van der Waals surface area contributed by atoms with Gasteiger partial charge in [0.1, 0.15) is 0 Å². The van der Waals surface area contributed by atoms with Gasteiger partial charge in [-0.2, -0.15) is 0 Å². The van der Waals surface area contributed by atoms with Gasteiger partial charge >= 0.3 is 17.1 Å². The quantitative estimate of drug-likeness (QED) is 0.468. The molecule has 0 heterocycles. The van der Waals surface area contributed by atoms with Crippen LogP contribution in [-0.4, -0.2) is 47.1 Å². The fourth-order valence-electron chi connectivity index (χ4n) is 2.27. The van der Waals surface area contributed by atoms with Crippen LogP contribution in [0.3, 0.4) is 0 Å². The summed E-state index contributed by atoms with van der Waals surface area (Å²) in [5, 5.41) is 0. The van der Waals surface area contributed by atoms with Crippen LogP contribution in [0, 0.1) is 0 Å². The van der Waals surface area contributed by atoms with Crippen molar-refractivity contribution in [2.24, 2.45) is 0 Å². The van der Waals surface area contributed by atoms with Gasteiger partial charge in [-0.3, -0.25) is 0 Å². The predicted molar refractivity (Wildman–Crippen MR) is 102 cm³/mol. The van der Waals surface area contributed by atoms with Gasteiger partial charge in [-0.05, 0) is 58.9 Å². The van der Waals surface area contributed by atoms with Crippen LogP contribution in [0.25, 0.3) is 0 Å². The molecule has 21 heavy (non-hydrogen) atoms. The third-order valence-electron chi connectivity index (χ3n) is 1.94. The average molecular weight is 369 g/mol. The molecular formula is C13H36O4Si4. The van der Waals surface area contributed by atoms with E-state index in [1.54, 1.807) is 7.11 Å². The largest absolute Gasteiger partial charge is 0.437 e. The van der Waals surface area contributed by atoms with Crippen molar-refractivity contribution < 1.29 is 17.1 Å². The summed E-state index contributed by atoms with van der Waals surface area (Å²) in [5.74, 6) is 0. The number of rotatable bonds is 8. The van der Waals surface area contributed by atoms with Crippen molar-refractivity contribution in [3.8, 4) is 0 Å². The maximum atomic E-state index is 6.40. The van der Waals surface area contributed by atoms with Gasteiger partial charge in [0.2, 0.25) is 0 Å². The summed E-state index contributed by atoms with van der Waals surface area (Å²) >= 11 is 0. The molecule has 0 saturated carbocycles. The van der Waals surface area contributed by atoms with E-state index in [2.05, 4.69) is 72.1 Å². The molecule has 0 N–H and O–H groups in total. The Morgan fingerprint density at radius 3 is 1.33 bits per heavy atom. The van der Waals surface area contributed by atoms with E-state index < -0.39 is 33.8 Å². The van der Waals surface area contributed by atoms with Gasteiger partial charge in [-0.15, -0.1) is 13.2 Å². The molecule has 128 valence electrons. The number of ether oxygens (including phenoxy) is 1. The number of hydrogen-bond donors (Lipinski definition) is 0. The van der Waals surface area contributed by atoms with Gasteiger partial charge in [0, 0.05) is 7.11 Å². The summed E-state index contributed by atoms with van der Waals surface area (Å²) in [5.41, 5.74) is 0. The molecule has 0 radical (unpaired) electrons. The van der Waals surface area contributed by atoms with E-state index in [-0.39, 0.29) is 0 Å². The van der Waals surface area contributed by atoms with Crippen LogP contribution >= 0.6 is 0 Å². The lowest BCUT2D eigenvalue weighted by molar-refractivity contribution is 0.200. The molecule has 1 atom stereocenters. The molecule has 0 aromatic heterocycles.